The maximum Gasteiger partial charge on any atom is 0.433 e. The fourth-order valence-corrected chi connectivity index (χ4v) is 2.62. The van der Waals surface area contributed by atoms with Crippen LogP contribution < -0.4 is 0 Å². The molecule has 0 spiro atoms. The van der Waals surface area contributed by atoms with Crippen molar-refractivity contribution in [3.63, 3.8) is 0 Å². The summed E-state index contributed by atoms with van der Waals surface area (Å²) < 4.78 is 64.2. The Balaban J connectivity index is 2.54. The van der Waals surface area contributed by atoms with Gasteiger partial charge in [0, 0.05) is 35.3 Å². The Morgan fingerprint density at radius 2 is 1.32 bits per heavy atom. The highest BCUT2D eigenvalue weighted by Crippen LogP contribution is 2.33. The lowest BCUT2D eigenvalue weighted by atomic mass is 10.1. The van der Waals surface area contributed by atoms with Crippen LogP contribution in [0.3, 0.4) is 0 Å². The minimum atomic E-state index is -4.88. The normalized spacial score (nSPS) is 12.3. The summed E-state index contributed by atoms with van der Waals surface area (Å²) in [5.41, 5.74) is -3.41. The summed E-state index contributed by atoms with van der Waals surface area (Å²) in [4.78, 5) is 36.9. The third kappa shape index (κ3) is 7.63. The first-order valence-corrected chi connectivity index (χ1v) is 10.2. The van der Waals surface area contributed by atoms with Gasteiger partial charge in [0.05, 0.1) is 6.54 Å². The minimum Gasteiger partial charge on any atom is -0.443 e. The van der Waals surface area contributed by atoms with Gasteiger partial charge in [0.15, 0.2) is 5.82 Å². The highest BCUT2D eigenvalue weighted by atomic mass is 19.4. The van der Waals surface area contributed by atoms with Crippen LogP contribution in [0.2, 0.25) is 0 Å². The molecule has 2 aromatic rings. The Hall–Kier alpha value is -3.31. The second kappa shape index (κ2) is 9.90. The molecule has 2 heterocycles. The van der Waals surface area contributed by atoms with Crippen LogP contribution in [0.15, 0.2) is 24.7 Å². The molecule has 186 valence electrons. The van der Waals surface area contributed by atoms with Crippen LogP contribution in [0.4, 0.5) is 27.2 Å². The van der Waals surface area contributed by atoms with Crippen molar-refractivity contribution < 1.29 is 36.6 Å². The fraction of sp³-hybridized carbons (Fsp3) is 0.500. The second-order valence-electron chi connectivity index (χ2n) is 9.30. The van der Waals surface area contributed by atoms with Crippen molar-refractivity contribution in [2.24, 2.45) is 0 Å². The number of hydrogen-bond donors (Lipinski definition) is 0. The summed E-state index contributed by atoms with van der Waals surface area (Å²) >= 11 is 0. The molecule has 0 saturated carbocycles. The molecule has 0 saturated heterocycles. The van der Waals surface area contributed by atoms with Crippen molar-refractivity contribution in [3.8, 4) is 11.1 Å². The maximum atomic E-state index is 13.7. The molecule has 0 fully saturated rings. The first-order valence-electron chi connectivity index (χ1n) is 10.2. The van der Waals surface area contributed by atoms with Crippen molar-refractivity contribution in [2.45, 2.75) is 72.1 Å². The van der Waals surface area contributed by atoms with E-state index in [1.54, 1.807) is 41.5 Å². The van der Waals surface area contributed by atoms with Gasteiger partial charge in [-0.25, -0.2) is 28.8 Å². The maximum absolute atomic E-state index is 13.7. The van der Waals surface area contributed by atoms with Crippen molar-refractivity contribution in [1.29, 1.82) is 0 Å². The largest absolute Gasteiger partial charge is 0.443 e. The molecule has 0 bridgehead atoms. The predicted molar refractivity (Wildman–Crippen MR) is 113 cm³/mol. The Morgan fingerprint density at radius 1 is 0.853 bits per heavy atom. The van der Waals surface area contributed by atoms with E-state index in [-0.39, 0.29) is 17.0 Å². The molecule has 2 rings (SSSR count). The summed E-state index contributed by atoms with van der Waals surface area (Å²) in [5.74, 6) is -0.0927. The standard InChI is InChI=1S/C22H26F4N4O4/c1-20(2,3)33-18(31)30(19(32)34-21(4,5)6)12-14-7-13(9-29-17(14)22(24,25)26)15-10-27-16(8-23)28-11-15/h7,9-11H,8,12H2,1-6H3. The fourth-order valence-electron chi connectivity index (χ4n) is 2.62. The van der Waals surface area contributed by atoms with Gasteiger partial charge in [-0.1, -0.05) is 0 Å². The Bertz CT molecular complexity index is 1000. The van der Waals surface area contributed by atoms with Crippen LogP contribution in [0.25, 0.3) is 11.1 Å². The first kappa shape index (κ1) is 26.9. The SMILES string of the molecule is CC(C)(C)OC(=O)N(Cc1cc(-c2cnc(CF)nc2)cnc1C(F)(F)F)C(=O)OC(C)(C)C. The van der Waals surface area contributed by atoms with Gasteiger partial charge in [-0.3, -0.25) is 4.98 Å². The number of rotatable bonds is 4. The van der Waals surface area contributed by atoms with Gasteiger partial charge < -0.3 is 9.47 Å². The van der Waals surface area contributed by atoms with Crippen LogP contribution in [-0.4, -0.2) is 43.2 Å². The predicted octanol–water partition coefficient (Wildman–Crippen LogP) is 5.70. The summed E-state index contributed by atoms with van der Waals surface area (Å²) in [5, 5.41) is 0. The molecule has 0 aromatic carbocycles. The second-order valence-corrected chi connectivity index (χ2v) is 9.30. The zero-order valence-electron chi connectivity index (χ0n) is 19.7. The molecule has 12 heteroatoms. The van der Waals surface area contributed by atoms with Gasteiger partial charge in [-0.05, 0) is 47.6 Å². The number of nitrogens with zero attached hydrogens (tertiary/aromatic N) is 4. The number of imide groups is 1. The molecule has 2 aromatic heterocycles. The first-order chi connectivity index (χ1) is 15.5. The van der Waals surface area contributed by atoms with E-state index in [0.29, 0.717) is 4.90 Å². The lowest BCUT2D eigenvalue weighted by Gasteiger charge is -2.29. The van der Waals surface area contributed by atoms with E-state index in [4.69, 9.17) is 9.47 Å². The monoisotopic (exact) mass is 486 g/mol. The van der Waals surface area contributed by atoms with Crippen LogP contribution in [-0.2, 0) is 28.9 Å². The van der Waals surface area contributed by atoms with E-state index in [9.17, 15) is 27.2 Å². The van der Waals surface area contributed by atoms with Crippen LogP contribution in [0.5, 0.6) is 0 Å². The Morgan fingerprint density at radius 3 is 1.74 bits per heavy atom. The van der Waals surface area contributed by atoms with Gasteiger partial charge in [-0.15, -0.1) is 0 Å². The number of carbonyl (C=O) groups is 2. The Labute approximate surface area is 194 Å². The van der Waals surface area contributed by atoms with Gasteiger partial charge >= 0.3 is 18.4 Å². The number of pyridine rings is 1. The van der Waals surface area contributed by atoms with Crippen LogP contribution >= 0.6 is 0 Å². The van der Waals surface area contributed by atoms with Crippen molar-refractivity contribution in [2.75, 3.05) is 0 Å². The molecule has 0 aliphatic rings. The average molecular weight is 486 g/mol. The minimum absolute atomic E-state index is 0.0927. The van der Waals surface area contributed by atoms with E-state index < -0.39 is 54.0 Å². The summed E-state index contributed by atoms with van der Waals surface area (Å²) in [7, 11) is 0. The number of ether oxygens (including phenoxy) is 2. The third-order valence-electron chi connectivity index (χ3n) is 3.95. The molecule has 0 aliphatic heterocycles. The molecule has 0 atom stereocenters. The molecule has 34 heavy (non-hydrogen) atoms. The summed E-state index contributed by atoms with van der Waals surface area (Å²) in [6, 6.07) is 1.10. The quantitative estimate of drug-likeness (QED) is 0.512. The lowest BCUT2D eigenvalue weighted by molar-refractivity contribution is -0.142. The highest BCUT2D eigenvalue weighted by molar-refractivity contribution is 5.88. The molecular formula is C22H26F4N4O4. The number of halogens is 4. The molecule has 0 aliphatic carbocycles. The van der Waals surface area contributed by atoms with E-state index in [2.05, 4.69) is 15.0 Å². The van der Waals surface area contributed by atoms with Gasteiger partial charge in [0.1, 0.15) is 23.6 Å². The summed E-state index contributed by atoms with van der Waals surface area (Å²) in [6.07, 6.45) is -3.83. The number of amides is 2. The lowest BCUT2D eigenvalue weighted by Crippen LogP contribution is -2.43. The van der Waals surface area contributed by atoms with Gasteiger partial charge in [-0.2, -0.15) is 13.2 Å². The van der Waals surface area contributed by atoms with Crippen LogP contribution in [0, 0.1) is 0 Å². The average Bonchev–Trinajstić information content (AvgIpc) is 2.68. The number of aromatic nitrogens is 3. The van der Waals surface area contributed by atoms with Crippen molar-refractivity contribution >= 4 is 12.2 Å². The smallest absolute Gasteiger partial charge is 0.433 e. The zero-order valence-corrected chi connectivity index (χ0v) is 19.7. The van der Waals surface area contributed by atoms with E-state index in [1.807, 2.05) is 0 Å². The summed E-state index contributed by atoms with van der Waals surface area (Å²) in [6.45, 7) is 7.53. The molecule has 2 amide bonds. The molecule has 0 radical (unpaired) electrons. The number of hydrogen-bond acceptors (Lipinski definition) is 7. The number of alkyl halides is 4. The Kier molecular flexibility index (Phi) is 7.84. The number of carbonyl (C=O) groups excluding carboxylic acids is 2. The van der Waals surface area contributed by atoms with E-state index >= 15 is 0 Å². The molecule has 0 N–H and O–H groups in total. The van der Waals surface area contributed by atoms with E-state index in [0.717, 1.165) is 12.3 Å². The van der Waals surface area contributed by atoms with Gasteiger partial charge in [0.2, 0.25) is 0 Å². The zero-order chi connectivity index (χ0) is 25.9. The van der Waals surface area contributed by atoms with Crippen molar-refractivity contribution in [1.82, 2.24) is 19.9 Å². The van der Waals surface area contributed by atoms with Crippen LogP contribution in [0.1, 0.15) is 58.6 Å². The van der Waals surface area contributed by atoms with E-state index in [1.165, 1.54) is 12.4 Å². The topological polar surface area (TPSA) is 94.5 Å². The molecule has 0 unspecified atom stereocenters. The third-order valence-corrected chi connectivity index (χ3v) is 3.95. The molecular weight excluding hydrogens is 460 g/mol. The highest BCUT2D eigenvalue weighted by Gasteiger charge is 2.38. The molecule has 8 nitrogen and oxygen atoms in total. The van der Waals surface area contributed by atoms with Gasteiger partial charge in [0.25, 0.3) is 0 Å². The van der Waals surface area contributed by atoms with Crippen molar-refractivity contribution in [3.05, 3.63) is 41.7 Å².